The maximum Gasteiger partial charge on any atom is 0.00702 e. The van der Waals surface area contributed by atoms with Gasteiger partial charge in [0.15, 0.2) is 0 Å². The van der Waals surface area contributed by atoms with Crippen molar-refractivity contribution in [3.63, 3.8) is 0 Å². The molecule has 1 rings (SSSR count). The molecule has 1 aliphatic carbocycles. The molecule has 1 aliphatic rings. The molecule has 0 aromatic carbocycles. The molecule has 2 heteroatoms. The van der Waals surface area contributed by atoms with Crippen molar-refractivity contribution in [1.82, 2.24) is 10.2 Å². The summed E-state index contributed by atoms with van der Waals surface area (Å²) in [5.41, 5.74) is 0. The van der Waals surface area contributed by atoms with Gasteiger partial charge in [0.05, 0.1) is 0 Å². The molecular formula is C15H32N2. The van der Waals surface area contributed by atoms with Gasteiger partial charge in [-0.1, -0.05) is 13.8 Å². The van der Waals surface area contributed by atoms with Gasteiger partial charge < -0.3 is 5.32 Å². The van der Waals surface area contributed by atoms with E-state index in [9.17, 15) is 0 Å². The van der Waals surface area contributed by atoms with Crippen LogP contribution in [0.5, 0.6) is 0 Å². The van der Waals surface area contributed by atoms with Crippen LogP contribution in [0, 0.1) is 5.92 Å². The Morgan fingerprint density at radius 2 is 1.76 bits per heavy atom. The molecule has 0 amide bonds. The van der Waals surface area contributed by atoms with Crippen molar-refractivity contribution >= 4 is 0 Å². The molecule has 0 aliphatic heterocycles. The maximum atomic E-state index is 3.50. The van der Waals surface area contributed by atoms with E-state index in [1.54, 1.807) is 0 Å². The first kappa shape index (κ1) is 15.0. The SMILES string of the molecule is CC(C)NCCCC(C)N(CC1CC1)C(C)C. The van der Waals surface area contributed by atoms with Gasteiger partial charge in [-0.25, -0.2) is 0 Å². The number of nitrogens with one attached hydrogen (secondary N) is 1. The summed E-state index contributed by atoms with van der Waals surface area (Å²) in [6.07, 6.45) is 5.55. The second-order valence-corrected chi connectivity index (χ2v) is 6.33. The van der Waals surface area contributed by atoms with Crippen molar-refractivity contribution in [1.29, 1.82) is 0 Å². The van der Waals surface area contributed by atoms with Crippen molar-refractivity contribution in [2.45, 2.75) is 78.4 Å². The van der Waals surface area contributed by atoms with Crippen molar-refractivity contribution < 1.29 is 0 Å². The first-order valence-corrected chi connectivity index (χ1v) is 7.49. The molecule has 17 heavy (non-hydrogen) atoms. The Labute approximate surface area is 108 Å². The van der Waals surface area contributed by atoms with E-state index in [4.69, 9.17) is 0 Å². The fourth-order valence-electron chi connectivity index (χ4n) is 2.45. The van der Waals surface area contributed by atoms with Crippen LogP contribution in [0.4, 0.5) is 0 Å². The quantitative estimate of drug-likeness (QED) is 0.622. The van der Waals surface area contributed by atoms with Crippen molar-refractivity contribution in [2.24, 2.45) is 5.92 Å². The van der Waals surface area contributed by atoms with Crippen LogP contribution in [0.15, 0.2) is 0 Å². The lowest BCUT2D eigenvalue weighted by atomic mass is 10.1. The molecule has 1 atom stereocenters. The maximum absolute atomic E-state index is 3.50. The molecule has 1 unspecified atom stereocenters. The normalized spacial score (nSPS) is 18.4. The highest BCUT2D eigenvalue weighted by Gasteiger charge is 2.27. The lowest BCUT2D eigenvalue weighted by Gasteiger charge is -2.33. The van der Waals surface area contributed by atoms with E-state index in [0.29, 0.717) is 12.1 Å². The molecular weight excluding hydrogens is 208 g/mol. The van der Waals surface area contributed by atoms with E-state index in [0.717, 1.165) is 18.5 Å². The van der Waals surface area contributed by atoms with Crippen molar-refractivity contribution in [3.8, 4) is 0 Å². The summed E-state index contributed by atoms with van der Waals surface area (Å²) < 4.78 is 0. The largest absolute Gasteiger partial charge is 0.315 e. The Bertz CT molecular complexity index is 197. The van der Waals surface area contributed by atoms with Crippen LogP contribution in [-0.4, -0.2) is 36.1 Å². The van der Waals surface area contributed by atoms with Gasteiger partial charge in [0, 0.05) is 24.7 Å². The Hall–Kier alpha value is -0.0800. The summed E-state index contributed by atoms with van der Waals surface area (Å²) in [4.78, 5) is 2.70. The van der Waals surface area contributed by atoms with Crippen LogP contribution in [0.25, 0.3) is 0 Å². The molecule has 0 aromatic rings. The van der Waals surface area contributed by atoms with Gasteiger partial charge in [-0.3, -0.25) is 4.90 Å². The highest BCUT2D eigenvalue weighted by atomic mass is 15.2. The van der Waals surface area contributed by atoms with Crippen LogP contribution >= 0.6 is 0 Å². The summed E-state index contributed by atoms with van der Waals surface area (Å²) in [5, 5.41) is 3.50. The second kappa shape index (κ2) is 7.38. The zero-order chi connectivity index (χ0) is 12.8. The smallest absolute Gasteiger partial charge is 0.00702 e. The average Bonchev–Trinajstić information content (AvgIpc) is 3.03. The first-order valence-electron chi connectivity index (χ1n) is 7.49. The lowest BCUT2D eigenvalue weighted by Crippen LogP contribution is -2.40. The number of hydrogen-bond acceptors (Lipinski definition) is 2. The number of rotatable bonds is 9. The molecule has 0 saturated heterocycles. The average molecular weight is 240 g/mol. The topological polar surface area (TPSA) is 15.3 Å². The van der Waals surface area contributed by atoms with E-state index in [1.165, 1.54) is 32.2 Å². The molecule has 0 aromatic heterocycles. The van der Waals surface area contributed by atoms with E-state index < -0.39 is 0 Å². The molecule has 1 fully saturated rings. The van der Waals surface area contributed by atoms with E-state index in [-0.39, 0.29) is 0 Å². The molecule has 0 heterocycles. The third-order valence-electron chi connectivity index (χ3n) is 3.75. The summed E-state index contributed by atoms with van der Waals surface area (Å²) in [7, 11) is 0. The van der Waals surface area contributed by atoms with Crippen LogP contribution in [-0.2, 0) is 0 Å². The summed E-state index contributed by atoms with van der Waals surface area (Å²) in [6, 6.07) is 2.06. The van der Waals surface area contributed by atoms with Gasteiger partial charge >= 0.3 is 0 Å². The van der Waals surface area contributed by atoms with Gasteiger partial charge in [0.2, 0.25) is 0 Å². The fraction of sp³-hybridized carbons (Fsp3) is 1.00. The van der Waals surface area contributed by atoms with Gasteiger partial charge in [-0.15, -0.1) is 0 Å². The van der Waals surface area contributed by atoms with E-state index >= 15 is 0 Å². The minimum absolute atomic E-state index is 0.623. The van der Waals surface area contributed by atoms with Crippen LogP contribution in [0.2, 0.25) is 0 Å². The van der Waals surface area contributed by atoms with Gasteiger partial charge in [0.1, 0.15) is 0 Å². The van der Waals surface area contributed by atoms with Crippen LogP contribution in [0.3, 0.4) is 0 Å². The van der Waals surface area contributed by atoms with E-state index in [1.807, 2.05) is 0 Å². The molecule has 1 N–H and O–H groups in total. The zero-order valence-corrected chi connectivity index (χ0v) is 12.5. The van der Waals surface area contributed by atoms with Crippen LogP contribution in [0.1, 0.15) is 60.3 Å². The monoisotopic (exact) mass is 240 g/mol. The molecule has 1 saturated carbocycles. The van der Waals surface area contributed by atoms with Gasteiger partial charge in [-0.05, 0) is 58.9 Å². The van der Waals surface area contributed by atoms with Gasteiger partial charge in [-0.2, -0.15) is 0 Å². The Morgan fingerprint density at radius 3 is 2.24 bits per heavy atom. The summed E-state index contributed by atoms with van der Waals surface area (Å²) >= 11 is 0. The minimum atomic E-state index is 0.623. The number of hydrogen-bond donors (Lipinski definition) is 1. The Kier molecular flexibility index (Phi) is 6.50. The predicted molar refractivity (Wildman–Crippen MR) is 76.4 cm³/mol. The number of nitrogens with zero attached hydrogens (tertiary/aromatic N) is 1. The van der Waals surface area contributed by atoms with Crippen LogP contribution < -0.4 is 5.32 Å². The summed E-state index contributed by atoms with van der Waals surface area (Å²) in [6.45, 7) is 14.0. The third kappa shape index (κ3) is 6.42. The Balaban J connectivity index is 2.19. The molecule has 0 bridgehead atoms. The fourth-order valence-corrected chi connectivity index (χ4v) is 2.45. The highest BCUT2D eigenvalue weighted by molar-refractivity contribution is 4.81. The Morgan fingerprint density at radius 1 is 1.12 bits per heavy atom. The first-order chi connectivity index (χ1) is 8.00. The predicted octanol–water partition coefficient (Wildman–Crippen LogP) is 3.27. The van der Waals surface area contributed by atoms with E-state index in [2.05, 4.69) is 44.8 Å². The molecule has 102 valence electrons. The summed E-state index contributed by atoms with van der Waals surface area (Å²) in [5.74, 6) is 1.01. The van der Waals surface area contributed by atoms with Gasteiger partial charge in [0.25, 0.3) is 0 Å². The van der Waals surface area contributed by atoms with Crippen molar-refractivity contribution in [3.05, 3.63) is 0 Å². The molecule has 0 spiro atoms. The molecule has 2 nitrogen and oxygen atoms in total. The third-order valence-corrected chi connectivity index (χ3v) is 3.75. The lowest BCUT2D eigenvalue weighted by molar-refractivity contribution is 0.147. The zero-order valence-electron chi connectivity index (χ0n) is 12.5. The highest BCUT2D eigenvalue weighted by Crippen LogP contribution is 2.31. The standard InChI is InChI=1S/C15H32N2/c1-12(2)16-10-6-7-14(5)17(13(3)4)11-15-8-9-15/h12-16H,6-11H2,1-5H3. The van der Waals surface area contributed by atoms with Crippen molar-refractivity contribution in [2.75, 3.05) is 13.1 Å². The molecule has 0 radical (unpaired) electrons. The minimum Gasteiger partial charge on any atom is -0.315 e. The second-order valence-electron chi connectivity index (χ2n) is 6.33.